The van der Waals surface area contributed by atoms with Crippen molar-refractivity contribution in [1.82, 2.24) is 4.90 Å². The van der Waals surface area contributed by atoms with Crippen LogP contribution in [0.5, 0.6) is 0 Å². The van der Waals surface area contributed by atoms with Gasteiger partial charge in [-0.05, 0) is 57.7 Å². The lowest BCUT2D eigenvalue weighted by atomic mass is 9.95. The van der Waals surface area contributed by atoms with E-state index >= 15 is 0 Å². The van der Waals surface area contributed by atoms with Crippen molar-refractivity contribution >= 4 is 9.53 Å². The van der Waals surface area contributed by atoms with Gasteiger partial charge in [-0.3, -0.25) is 0 Å². The molecule has 0 spiro atoms. The second kappa shape index (κ2) is 23.7. The van der Waals surface area contributed by atoms with Crippen LogP contribution in [0.15, 0.2) is 0 Å². The van der Waals surface area contributed by atoms with Gasteiger partial charge in [0.2, 0.25) is 0 Å². The minimum Gasteiger partial charge on any atom is -0.376 e. The van der Waals surface area contributed by atoms with Crippen molar-refractivity contribution < 1.29 is 13.3 Å². The van der Waals surface area contributed by atoms with Gasteiger partial charge in [-0.25, -0.2) is 0 Å². The maximum Gasteiger partial charge on any atom is 0.484 e. The molecular weight excluding hydrogens is 390 g/mol. The van der Waals surface area contributed by atoms with E-state index in [1.807, 2.05) is 0 Å². The summed E-state index contributed by atoms with van der Waals surface area (Å²) in [6, 6.07) is 0. The minimum absolute atomic E-state index is 0.773. The molecule has 0 fully saturated rings. The molecule has 0 aliphatic heterocycles. The van der Waals surface area contributed by atoms with Gasteiger partial charge in [0.15, 0.2) is 0 Å². The van der Waals surface area contributed by atoms with E-state index < -0.39 is 9.53 Å². The Labute approximate surface area is 191 Å². The van der Waals surface area contributed by atoms with Crippen LogP contribution in [-0.2, 0) is 13.3 Å². The second-order valence-electron chi connectivity index (χ2n) is 8.63. The summed E-state index contributed by atoms with van der Waals surface area (Å²) in [5.41, 5.74) is 0. The summed E-state index contributed by atoms with van der Waals surface area (Å²) in [4.78, 5) is 2.53. The Bertz CT molecular complexity index is 316. The summed E-state index contributed by atoms with van der Waals surface area (Å²) in [7, 11) is -1.98. The van der Waals surface area contributed by atoms with Gasteiger partial charge in [0.1, 0.15) is 0 Å². The molecule has 0 rings (SSSR count). The van der Waals surface area contributed by atoms with Gasteiger partial charge >= 0.3 is 9.53 Å². The standard InChI is InChI=1S/C25H55NO3Si/c1-6-11-13-15-22-27-30(28-23-16-14-12-7-2)29-24-20-25(18-8-3)19-17-21-26(9-4)10-5/h25,30H,6-24H2,1-5H3. The largest absolute Gasteiger partial charge is 0.484 e. The summed E-state index contributed by atoms with van der Waals surface area (Å²) < 4.78 is 18.3. The van der Waals surface area contributed by atoms with Crippen LogP contribution in [0.3, 0.4) is 0 Å². The van der Waals surface area contributed by atoms with Gasteiger partial charge < -0.3 is 18.2 Å². The molecule has 1 unspecified atom stereocenters. The van der Waals surface area contributed by atoms with Crippen LogP contribution >= 0.6 is 0 Å². The smallest absolute Gasteiger partial charge is 0.376 e. The topological polar surface area (TPSA) is 30.9 Å². The fraction of sp³-hybridized carbons (Fsp3) is 1.00. The van der Waals surface area contributed by atoms with Crippen molar-refractivity contribution in [3.05, 3.63) is 0 Å². The summed E-state index contributed by atoms with van der Waals surface area (Å²) in [6.07, 6.45) is 16.2. The molecule has 1 atom stereocenters. The first-order chi connectivity index (χ1) is 14.7. The zero-order valence-corrected chi connectivity index (χ0v) is 22.4. The van der Waals surface area contributed by atoms with Gasteiger partial charge in [0.25, 0.3) is 0 Å². The lowest BCUT2D eigenvalue weighted by Gasteiger charge is -2.22. The Morgan fingerprint density at radius 3 is 1.63 bits per heavy atom. The monoisotopic (exact) mass is 445 g/mol. The van der Waals surface area contributed by atoms with Crippen molar-refractivity contribution in [2.45, 2.75) is 118 Å². The molecule has 182 valence electrons. The SMILES string of the molecule is CCCCCCO[SiH](OCCCCCC)OCCC(CCC)CCCN(CC)CC. The van der Waals surface area contributed by atoms with Crippen molar-refractivity contribution in [2.75, 3.05) is 39.5 Å². The number of nitrogens with zero attached hydrogens (tertiary/aromatic N) is 1. The highest BCUT2D eigenvalue weighted by Gasteiger charge is 2.17. The molecule has 0 saturated heterocycles. The highest BCUT2D eigenvalue weighted by atomic mass is 28.3. The summed E-state index contributed by atoms with van der Waals surface area (Å²) in [6.45, 7) is 17.3. The van der Waals surface area contributed by atoms with E-state index in [2.05, 4.69) is 39.5 Å². The van der Waals surface area contributed by atoms with Crippen molar-refractivity contribution in [2.24, 2.45) is 5.92 Å². The van der Waals surface area contributed by atoms with E-state index in [0.29, 0.717) is 0 Å². The van der Waals surface area contributed by atoms with E-state index in [0.717, 1.165) is 58.1 Å². The van der Waals surface area contributed by atoms with Gasteiger partial charge in [0.05, 0.1) is 0 Å². The van der Waals surface area contributed by atoms with Crippen molar-refractivity contribution in [3.8, 4) is 0 Å². The van der Waals surface area contributed by atoms with E-state index in [1.54, 1.807) is 0 Å². The molecule has 0 saturated carbocycles. The Morgan fingerprint density at radius 1 is 0.567 bits per heavy atom. The molecule has 0 N–H and O–H groups in total. The summed E-state index contributed by atoms with van der Waals surface area (Å²) in [5, 5.41) is 0. The zero-order chi connectivity index (χ0) is 22.3. The molecule has 0 aliphatic carbocycles. The second-order valence-corrected chi connectivity index (χ2v) is 10.2. The Hall–Kier alpha value is 0.0569. The first-order valence-electron chi connectivity index (χ1n) is 13.3. The third kappa shape index (κ3) is 18.8. The predicted octanol–water partition coefficient (Wildman–Crippen LogP) is 6.84. The van der Waals surface area contributed by atoms with E-state index in [-0.39, 0.29) is 0 Å². The summed E-state index contributed by atoms with van der Waals surface area (Å²) >= 11 is 0. The molecular formula is C25H55NO3Si. The minimum atomic E-state index is -1.98. The first-order valence-corrected chi connectivity index (χ1v) is 14.7. The molecule has 4 nitrogen and oxygen atoms in total. The highest BCUT2D eigenvalue weighted by molar-refractivity contribution is 6.36. The zero-order valence-electron chi connectivity index (χ0n) is 21.3. The molecule has 0 aromatic carbocycles. The van der Waals surface area contributed by atoms with E-state index in [9.17, 15) is 0 Å². The van der Waals surface area contributed by atoms with E-state index in [4.69, 9.17) is 13.3 Å². The Balaban J connectivity index is 4.24. The fourth-order valence-corrected chi connectivity index (χ4v) is 5.21. The molecule has 0 bridgehead atoms. The van der Waals surface area contributed by atoms with Crippen LogP contribution in [0.1, 0.15) is 118 Å². The fourth-order valence-electron chi connectivity index (χ4n) is 3.88. The van der Waals surface area contributed by atoms with Crippen LogP contribution in [0.2, 0.25) is 0 Å². The predicted molar refractivity (Wildman–Crippen MR) is 133 cm³/mol. The number of hydrogen-bond acceptors (Lipinski definition) is 4. The highest BCUT2D eigenvalue weighted by Crippen LogP contribution is 2.18. The van der Waals surface area contributed by atoms with Crippen LogP contribution in [0, 0.1) is 5.92 Å². The van der Waals surface area contributed by atoms with Crippen LogP contribution in [0.25, 0.3) is 0 Å². The molecule has 0 aromatic heterocycles. The number of unbranched alkanes of at least 4 members (excludes halogenated alkanes) is 6. The maximum atomic E-state index is 6.19. The molecule has 30 heavy (non-hydrogen) atoms. The number of hydrogen-bond donors (Lipinski definition) is 0. The van der Waals surface area contributed by atoms with Gasteiger partial charge in [0, 0.05) is 19.8 Å². The van der Waals surface area contributed by atoms with Crippen LogP contribution in [-0.4, -0.2) is 53.9 Å². The molecule has 0 amide bonds. The molecule has 5 heteroatoms. The average molecular weight is 446 g/mol. The van der Waals surface area contributed by atoms with Gasteiger partial charge in [-0.2, -0.15) is 0 Å². The van der Waals surface area contributed by atoms with E-state index in [1.165, 1.54) is 70.8 Å². The number of rotatable bonds is 24. The third-order valence-corrected chi connectivity index (χ3v) is 7.49. The van der Waals surface area contributed by atoms with Crippen LogP contribution < -0.4 is 0 Å². The Kier molecular flexibility index (Phi) is 23.8. The lowest BCUT2D eigenvalue weighted by Crippen LogP contribution is -2.29. The maximum absolute atomic E-state index is 6.19. The van der Waals surface area contributed by atoms with Crippen molar-refractivity contribution in [3.63, 3.8) is 0 Å². The quantitative estimate of drug-likeness (QED) is 0.120. The average Bonchev–Trinajstić information content (AvgIpc) is 2.75. The van der Waals surface area contributed by atoms with Gasteiger partial charge in [-0.15, -0.1) is 0 Å². The molecule has 0 heterocycles. The molecule has 0 aliphatic rings. The normalized spacial score (nSPS) is 12.9. The van der Waals surface area contributed by atoms with Crippen LogP contribution in [0.4, 0.5) is 0 Å². The first kappa shape index (κ1) is 30.1. The van der Waals surface area contributed by atoms with Gasteiger partial charge in [-0.1, -0.05) is 86.0 Å². The van der Waals surface area contributed by atoms with Crippen molar-refractivity contribution in [1.29, 1.82) is 0 Å². The molecule has 0 aromatic rings. The summed E-state index contributed by atoms with van der Waals surface area (Å²) in [5.74, 6) is 0.773. The molecule has 0 radical (unpaired) electrons. The third-order valence-electron chi connectivity index (χ3n) is 5.96. The lowest BCUT2D eigenvalue weighted by molar-refractivity contribution is 0.0842. The Morgan fingerprint density at radius 2 is 1.13 bits per heavy atom.